The van der Waals surface area contributed by atoms with Crippen molar-refractivity contribution in [3.8, 4) is 0 Å². The number of nitrogens with two attached hydrogens (primary N) is 1. The van der Waals surface area contributed by atoms with Crippen LogP contribution in [0.3, 0.4) is 0 Å². The number of rotatable bonds is 3. The van der Waals surface area contributed by atoms with Gasteiger partial charge in [0.15, 0.2) is 0 Å². The molecular weight excluding hydrogens is 250 g/mol. The molecule has 5 nitrogen and oxygen atoms in total. The molecule has 0 radical (unpaired) electrons. The number of hydrogen-bond donors (Lipinski definition) is 1. The van der Waals surface area contributed by atoms with Crippen LogP contribution in [0.1, 0.15) is 12.8 Å². The van der Waals surface area contributed by atoms with E-state index in [2.05, 4.69) is 0 Å². The summed E-state index contributed by atoms with van der Waals surface area (Å²) in [7, 11) is 0.382. The molecule has 100 valence electrons. The minimum Gasteiger partial charge on any atom is -0.397 e. The number of anilines is 2. The van der Waals surface area contributed by atoms with Crippen LogP contribution in [0.25, 0.3) is 0 Å². The molecule has 1 saturated heterocycles. The van der Waals surface area contributed by atoms with Crippen molar-refractivity contribution in [3.05, 3.63) is 18.2 Å². The molecule has 1 aromatic carbocycles. The molecule has 6 heteroatoms. The predicted molar refractivity (Wildman–Crippen MR) is 73.2 cm³/mol. The Balaban J connectivity index is 2.37. The largest absolute Gasteiger partial charge is 0.397 e. The van der Waals surface area contributed by atoms with Gasteiger partial charge in [-0.25, -0.2) is 8.42 Å². The van der Waals surface area contributed by atoms with Gasteiger partial charge in [0.1, 0.15) is 0 Å². The summed E-state index contributed by atoms with van der Waals surface area (Å²) in [4.78, 5) is 2.15. The van der Waals surface area contributed by atoms with Crippen LogP contribution in [0.4, 0.5) is 11.4 Å². The third-order valence-corrected chi connectivity index (χ3v) is 5.08. The molecule has 2 rings (SSSR count). The molecule has 1 aliphatic rings. The van der Waals surface area contributed by atoms with E-state index in [0.29, 0.717) is 18.8 Å². The minimum atomic E-state index is -3.37. The van der Waals surface area contributed by atoms with E-state index in [4.69, 9.17) is 5.73 Å². The van der Waals surface area contributed by atoms with Crippen LogP contribution < -0.4 is 10.6 Å². The summed E-state index contributed by atoms with van der Waals surface area (Å²) < 4.78 is 26.2. The zero-order valence-electron chi connectivity index (χ0n) is 10.8. The fraction of sp³-hybridized carbons (Fsp3) is 0.500. The highest BCUT2D eigenvalue weighted by Gasteiger charge is 2.27. The Morgan fingerprint density at radius 3 is 2.33 bits per heavy atom. The average molecular weight is 269 g/mol. The highest BCUT2D eigenvalue weighted by molar-refractivity contribution is 7.89. The zero-order valence-corrected chi connectivity index (χ0v) is 11.6. The van der Waals surface area contributed by atoms with Crippen LogP contribution in [-0.4, -0.2) is 39.9 Å². The Morgan fingerprint density at radius 1 is 1.22 bits per heavy atom. The van der Waals surface area contributed by atoms with E-state index in [-0.39, 0.29) is 4.90 Å². The third-order valence-electron chi connectivity index (χ3n) is 3.18. The molecule has 0 saturated carbocycles. The third kappa shape index (κ3) is 2.30. The first-order valence-corrected chi connectivity index (χ1v) is 7.44. The van der Waals surface area contributed by atoms with E-state index in [1.807, 2.05) is 19.0 Å². The first-order chi connectivity index (χ1) is 8.43. The molecule has 0 spiro atoms. The van der Waals surface area contributed by atoms with Crippen LogP contribution in [-0.2, 0) is 10.0 Å². The van der Waals surface area contributed by atoms with Gasteiger partial charge in [-0.05, 0) is 31.0 Å². The highest BCUT2D eigenvalue weighted by Crippen LogP contribution is 2.27. The lowest BCUT2D eigenvalue weighted by atomic mass is 10.2. The summed E-state index contributed by atoms with van der Waals surface area (Å²) in [5, 5.41) is 0. The fourth-order valence-electron chi connectivity index (χ4n) is 2.18. The maximum absolute atomic E-state index is 12.3. The Bertz CT molecular complexity index is 534. The standard InChI is InChI=1S/C12H19N3O2S/c1-14(2)12-6-5-10(9-11(12)13)18(16,17)15-7-3-4-8-15/h5-6,9H,3-4,7-8,13H2,1-2H3. The van der Waals surface area contributed by atoms with Gasteiger partial charge < -0.3 is 10.6 Å². The molecule has 0 amide bonds. The SMILES string of the molecule is CN(C)c1ccc(S(=O)(=O)N2CCCC2)cc1N. The highest BCUT2D eigenvalue weighted by atomic mass is 32.2. The fourth-order valence-corrected chi connectivity index (χ4v) is 3.73. The summed E-state index contributed by atoms with van der Waals surface area (Å²) in [5.74, 6) is 0. The van der Waals surface area contributed by atoms with Crippen molar-refractivity contribution in [3.63, 3.8) is 0 Å². The second kappa shape index (κ2) is 4.78. The number of sulfonamides is 1. The lowest BCUT2D eigenvalue weighted by Gasteiger charge is -2.19. The van der Waals surface area contributed by atoms with Crippen LogP contribution in [0.2, 0.25) is 0 Å². The topological polar surface area (TPSA) is 66.6 Å². The quantitative estimate of drug-likeness (QED) is 0.835. The molecule has 0 aliphatic carbocycles. The molecule has 0 unspecified atom stereocenters. The van der Waals surface area contributed by atoms with E-state index in [1.54, 1.807) is 18.2 Å². The van der Waals surface area contributed by atoms with Crippen LogP contribution in [0.5, 0.6) is 0 Å². The first-order valence-electron chi connectivity index (χ1n) is 6.00. The monoisotopic (exact) mass is 269 g/mol. The second-order valence-corrected chi connectivity index (χ2v) is 6.66. The number of benzene rings is 1. The maximum Gasteiger partial charge on any atom is 0.243 e. The first kappa shape index (κ1) is 13.2. The Hall–Kier alpha value is -1.27. The number of hydrogen-bond acceptors (Lipinski definition) is 4. The summed E-state index contributed by atoms with van der Waals surface area (Å²) in [6.07, 6.45) is 1.87. The van der Waals surface area contributed by atoms with Gasteiger partial charge in [0.05, 0.1) is 16.3 Å². The summed E-state index contributed by atoms with van der Waals surface area (Å²) in [6.45, 7) is 1.22. The molecule has 1 aliphatic heterocycles. The van der Waals surface area contributed by atoms with E-state index < -0.39 is 10.0 Å². The molecular formula is C12H19N3O2S. The normalized spacial score (nSPS) is 17.0. The maximum atomic E-state index is 12.3. The van der Waals surface area contributed by atoms with Crippen LogP contribution in [0, 0.1) is 0 Å². The van der Waals surface area contributed by atoms with Gasteiger partial charge in [0, 0.05) is 27.2 Å². The van der Waals surface area contributed by atoms with Gasteiger partial charge in [-0.1, -0.05) is 0 Å². The molecule has 18 heavy (non-hydrogen) atoms. The van der Waals surface area contributed by atoms with Gasteiger partial charge in [0.25, 0.3) is 0 Å². The van der Waals surface area contributed by atoms with Gasteiger partial charge in [-0.15, -0.1) is 0 Å². The van der Waals surface area contributed by atoms with Crippen LogP contribution >= 0.6 is 0 Å². The second-order valence-electron chi connectivity index (χ2n) is 4.73. The van der Waals surface area contributed by atoms with Crippen molar-refractivity contribution in [2.24, 2.45) is 0 Å². The van der Waals surface area contributed by atoms with Gasteiger partial charge in [0.2, 0.25) is 10.0 Å². The molecule has 0 aromatic heterocycles. The molecule has 1 heterocycles. The number of nitrogen functional groups attached to an aromatic ring is 1. The van der Waals surface area contributed by atoms with Gasteiger partial charge >= 0.3 is 0 Å². The molecule has 0 atom stereocenters. The van der Waals surface area contributed by atoms with Crippen molar-refractivity contribution in [2.75, 3.05) is 37.8 Å². The van der Waals surface area contributed by atoms with Crippen LogP contribution in [0.15, 0.2) is 23.1 Å². The van der Waals surface area contributed by atoms with E-state index in [1.165, 1.54) is 4.31 Å². The van der Waals surface area contributed by atoms with E-state index in [9.17, 15) is 8.42 Å². The Morgan fingerprint density at radius 2 is 1.83 bits per heavy atom. The Kier molecular flexibility index (Phi) is 3.49. The van der Waals surface area contributed by atoms with Gasteiger partial charge in [-0.2, -0.15) is 4.31 Å². The lowest BCUT2D eigenvalue weighted by molar-refractivity contribution is 0.477. The van der Waals surface area contributed by atoms with Crippen molar-refractivity contribution >= 4 is 21.4 Å². The lowest BCUT2D eigenvalue weighted by Crippen LogP contribution is -2.28. The van der Waals surface area contributed by atoms with Crippen molar-refractivity contribution in [2.45, 2.75) is 17.7 Å². The van der Waals surface area contributed by atoms with E-state index in [0.717, 1.165) is 18.5 Å². The van der Waals surface area contributed by atoms with Crippen molar-refractivity contribution < 1.29 is 8.42 Å². The molecule has 0 bridgehead atoms. The van der Waals surface area contributed by atoms with Crippen molar-refractivity contribution in [1.82, 2.24) is 4.31 Å². The molecule has 2 N–H and O–H groups in total. The minimum absolute atomic E-state index is 0.285. The smallest absolute Gasteiger partial charge is 0.243 e. The Labute approximate surface area is 108 Å². The average Bonchev–Trinajstić information content (AvgIpc) is 2.82. The van der Waals surface area contributed by atoms with Crippen molar-refractivity contribution in [1.29, 1.82) is 0 Å². The molecule has 1 fully saturated rings. The predicted octanol–water partition coefficient (Wildman–Crippen LogP) is 1.12. The summed E-state index contributed by atoms with van der Waals surface area (Å²) in [6, 6.07) is 4.92. The summed E-state index contributed by atoms with van der Waals surface area (Å²) in [5.41, 5.74) is 7.21. The van der Waals surface area contributed by atoms with Gasteiger partial charge in [-0.3, -0.25) is 0 Å². The van der Waals surface area contributed by atoms with E-state index >= 15 is 0 Å². The molecule has 1 aromatic rings. The summed E-state index contributed by atoms with van der Waals surface area (Å²) >= 11 is 0. The zero-order chi connectivity index (χ0) is 13.3. The number of nitrogens with zero attached hydrogens (tertiary/aromatic N) is 2.